The zero-order valence-electron chi connectivity index (χ0n) is 11.7. The fourth-order valence-corrected chi connectivity index (χ4v) is 4.23. The normalized spacial score (nSPS) is 20.5. The molecule has 0 saturated carbocycles. The van der Waals surface area contributed by atoms with Crippen molar-refractivity contribution in [2.75, 3.05) is 19.6 Å². The second kappa shape index (κ2) is 5.59. The Balaban J connectivity index is 2.03. The molecule has 1 saturated heterocycles. The van der Waals surface area contributed by atoms with Gasteiger partial charge in [0.25, 0.3) is 0 Å². The van der Waals surface area contributed by atoms with Crippen LogP contribution in [-0.2, 0) is 10.0 Å². The van der Waals surface area contributed by atoms with E-state index in [2.05, 4.69) is 10.5 Å². The van der Waals surface area contributed by atoms with Gasteiger partial charge in [-0.3, -0.25) is 0 Å². The number of hydrogen-bond donors (Lipinski definition) is 1. The van der Waals surface area contributed by atoms with Crippen LogP contribution >= 0.6 is 0 Å². The molecule has 1 aliphatic heterocycles. The SMILES string of the molecule is C[C@@H]1CN(S(=O)(=O)c2ccccc2-c2ccno2)CCN1. The Morgan fingerprint density at radius 2 is 2.14 bits per heavy atom. The van der Waals surface area contributed by atoms with E-state index in [4.69, 9.17) is 4.52 Å². The van der Waals surface area contributed by atoms with Gasteiger partial charge in [-0.1, -0.05) is 17.3 Å². The zero-order chi connectivity index (χ0) is 14.9. The van der Waals surface area contributed by atoms with Crippen LogP contribution in [0.15, 0.2) is 45.9 Å². The van der Waals surface area contributed by atoms with Gasteiger partial charge in [0.2, 0.25) is 10.0 Å². The number of hydrogen-bond acceptors (Lipinski definition) is 5. The first-order chi connectivity index (χ1) is 10.1. The Kier molecular flexibility index (Phi) is 3.79. The van der Waals surface area contributed by atoms with Gasteiger partial charge in [-0.05, 0) is 19.1 Å². The number of aromatic nitrogens is 1. The average molecular weight is 307 g/mol. The van der Waals surface area contributed by atoms with Crippen molar-refractivity contribution in [2.24, 2.45) is 0 Å². The number of nitrogens with one attached hydrogen (secondary N) is 1. The van der Waals surface area contributed by atoms with Crippen molar-refractivity contribution < 1.29 is 12.9 Å². The van der Waals surface area contributed by atoms with E-state index in [1.165, 1.54) is 10.5 Å². The van der Waals surface area contributed by atoms with E-state index < -0.39 is 10.0 Å². The number of rotatable bonds is 3. The quantitative estimate of drug-likeness (QED) is 0.925. The molecule has 21 heavy (non-hydrogen) atoms. The van der Waals surface area contributed by atoms with Crippen LogP contribution in [0.5, 0.6) is 0 Å². The van der Waals surface area contributed by atoms with E-state index in [0.717, 1.165) is 0 Å². The second-order valence-electron chi connectivity index (χ2n) is 5.09. The molecule has 1 aromatic carbocycles. The molecule has 7 heteroatoms. The Bertz CT molecular complexity index is 713. The summed E-state index contributed by atoms with van der Waals surface area (Å²) in [4.78, 5) is 0.260. The van der Waals surface area contributed by atoms with Crippen LogP contribution in [0.25, 0.3) is 11.3 Å². The van der Waals surface area contributed by atoms with Gasteiger partial charge in [0.05, 0.1) is 11.1 Å². The lowest BCUT2D eigenvalue weighted by atomic mass is 10.2. The van der Waals surface area contributed by atoms with Gasteiger partial charge in [0, 0.05) is 37.3 Å². The predicted molar refractivity (Wildman–Crippen MR) is 78.2 cm³/mol. The molecule has 0 radical (unpaired) electrons. The molecule has 6 nitrogen and oxygen atoms in total. The third kappa shape index (κ3) is 2.72. The van der Waals surface area contributed by atoms with Gasteiger partial charge < -0.3 is 9.84 Å². The van der Waals surface area contributed by atoms with Gasteiger partial charge in [0.1, 0.15) is 0 Å². The maximum Gasteiger partial charge on any atom is 0.243 e. The van der Waals surface area contributed by atoms with E-state index in [9.17, 15) is 8.42 Å². The molecule has 1 atom stereocenters. The molecule has 1 aliphatic rings. The van der Waals surface area contributed by atoms with Crippen LogP contribution in [0.3, 0.4) is 0 Å². The molecule has 0 unspecified atom stereocenters. The summed E-state index contributed by atoms with van der Waals surface area (Å²) < 4.78 is 32.4. The summed E-state index contributed by atoms with van der Waals surface area (Å²) in [5.74, 6) is 0.456. The topological polar surface area (TPSA) is 75.4 Å². The first-order valence-electron chi connectivity index (χ1n) is 6.82. The minimum absolute atomic E-state index is 0.144. The van der Waals surface area contributed by atoms with Gasteiger partial charge in [0.15, 0.2) is 5.76 Å². The van der Waals surface area contributed by atoms with Crippen LogP contribution in [0.4, 0.5) is 0 Å². The maximum atomic E-state index is 12.9. The van der Waals surface area contributed by atoms with Crippen LogP contribution in [0.2, 0.25) is 0 Å². The Labute approximate surface area is 123 Å². The lowest BCUT2D eigenvalue weighted by molar-refractivity contribution is 0.310. The van der Waals surface area contributed by atoms with Crippen molar-refractivity contribution in [1.82, 2.24) is 14.8 Å². The molecule has 1 aromatic heterocycles. The molecular formula is C14H17N3O3S. The molecule has 0 amide bonds. The highest BCUT2D eigenvalue weighted by Crippen LogP contribution is 2.29. The van der Waals surface area contributed by atoms with Crippen molar-refractivity contribution in [1.29, 1.82) is 0 Å². The van der Waals surface area contributed by atoms with Crippen LogP contribution in [-0.4, -0.2) is 43.6 Å². The number of benzene rings is 1. The highest BCUT2D eigenvalue weighted by Gasteiger charge is 2.30. The van der Waals surface area contributed by atoms with Crippen molar-refractivity contribution in [3.05, 3.63) is 36.5 Å². The molecular weight excluding hydrogens is 290 g/mol. The smallest absolute Gasteiger partial charge is 0.243 e. The summed E-state index contributed by atoms with van der Waals surface area (Å²) in [6, 6.07) is 8.66. The standard InChI is InChI=1S/C14H17N3O3S/c1-11-10-17(9-8-15-11)21(18,19)14-5-3-2-4-12(14)13-6-7-16-20-13/h2-7,11,15H,8-10H2,1H3/t11-/m1/s1. The first-order valence-corrected chi connectivity index (χ1v) is 8.26. The summed E-state index contributed by atoms with van der Waals surface area (Å²) >= 11 is 0. The minimum Gasteiger partial charge on any atom is -0.356 e. The third-order valence-corrected chi connectivity index (χ3v) is 5.46. The van der Waals surface area contributed by atoms with Gasteiger partial charge in [-0.15, -0.1) is 0 Å². The molecule has 2 aromatic rings. The summed E-state index contributed by atoms with van der Waals surface area (Å²) in [6.07, 6.45) is 1.51. The number of sulfonamides is 1. The maximum absolute atomic E-state index is 12.9. The first kappa shape index (κ1) is 14.2. The molecule has 3 rings (SSSR count). The lowest BCUT2D eigenvalue weighted by Gasteiger charge is -2.31. The number of nitrogens with zero attached hydrogens (tertiary/aromatic N) is 2. The van der Waals surface area contributed by atoms with Gasteiger partial charge in [-0.2, -0.15) is 4.31 Å². The fourth-order valence-electron chi connectivity index (χ4n) is 2.50. The molecule has 112 valence electrons. The molecule has 1 N–H and O–H groups in total. The average Bonchev–Trinajstić information content (AvgIpc) is 3.01. The monoisotopic (exact) mass is 307 g/mol. The Morgan fingerprint density at radius 1 is 1.33 bits per heavy atom. The largest absolute Gasteiger partial charge is 0.356 e. The second-order valence-corrected chi connectivity index (χ2v) is 7.00. The molecule has 0 spiro atoms. The van der Waals surface area contributed by atoms with Crippen molar-refractivity contribution >= 4 is 10.0 Å². The highest BCUT2D eigenvalue weighted by molar-refractivity contribution is 7.89. The Morgan fingerprint density at radius 3 is 2.86 bits per heavy atom. The fraction of sp³-hybridized carbons (Fsp3) is 0.357. The van der Waals surface area contributed by atoms with Gasteiger partial charge in [-0.25, -0.2) is 8.42 Å². The van der Waals surface area contributed by atoms with Crippen molar-refractivity contribution in [3.63, 3.8) is 0 Å². The van der Waals surface area contributed by atoms with Crippen LogP contribution in [0.1, 0.15) is 6.92 Å². The summed E-state index contributed by atoms with van der Waals surface area (Å²) in [5, 5.41) is 6.90. The van der Waals surface area contributed by atoms with E-state index in [0.29, 0.717) is 31.0 Å². The highest BCUT2D eigenvalue weighted by atomic mass is 32.2. The number of piperazine rings is 1. The minimum atomic E-state index is -3.55. The third-order valence-electron chi connectivity index (χ3n) is 3.54. The van der Waals surface area contributed by atoms with E-state index >= 15 is 0 Å². The molecule has 0 aliphatic carbocycles. The molecule has 1 fully saturated rings. The van der Waals surface area contributed by atoms with E-state index in [1.807, 2.05) is 6.92 Å². The van der Waals surface area contributed by atoms with Gasteiger partial charge >= 0.3 is 0 Å². The lowest BCUT2D eigenvalue weighted by Crippen LogP contribution is -2.51. The van der Waals surface area contributed by atoms with Crippen molar-refractivity contribution in [2.45, 2.75) is 17.9 Å². The van der Waals surface area contributed by atoms with Crippen molar-refractivity contribution in [3.8, 4) is 11.3 Å². The Hall–Kier alpha value is -1.70. The van der Waals surface area contributed by atoms with Crippen LogP contribution < -0.4 is 5.32 Å². The summed E-state index contributed by atoms with van der Waals surface area (Å²) in [5.41, 5.74) is 0.543. The van der Waals surface area contributed by atoms with Crippen LogP contribution in [0, 0.1) is 0 Å². The molecule has 0 bridgehead atoms. The predicted octanol–water partition coefficient (Wildman–Crippen LogP) is 1.32. The summed E-state index contributed by atoms with van der Waals surface area (Å²) in [6.45, 7) is 3.57. The molecule has 2 heterocycles. The van der Waals surface area contributed by atoms with E-state index in [1.54, 1.807) is 30.3 Å². The zero-order valence-corrected chi connectivity index (χ0v) is 12.5. The van der Waals surface area contributed by atoms with E-state index in [-0.39, 0.29) is 10.9 Å². The summed E-state index contributed by atoms with van der Waals surface area (Å²) in [7, 11) is -3.55.